The number of anilines is 2. The van der Waals surface area contributed by atoms with Gasteiger partial charge in [-0.25, -0.2) is 9.97 Å². The fourth-order valence-electron chi connectivity index (χ4n) is 2.11. The highest BCUT2D eigenvalue weighted by Crippen LogP contribution is 2.29. The first-order valence-corrected chi connectivity index (χ1v) is 8.14. The smallest absolute Gasteiger partial charge is 0.142 e. The lowest BCUT2D eigenvalue weighted by Crippen LogP contribution is -2.04. The molecule has 0 bridgehead atoms. The van der Waals surface area contributed by atoms with Gasteiger partial charge in [0.2, 0.25) is 0 Å². The molecule has 22 heavy (non-hydrogen) atoms. The number of aromatic nitrogens is 2. The number of hydrogen-bond donors (Lipinski definition) is 1. The Kier molecular flexibility index (Phi) is 4.24. The molecule has 0 spiro atoms. The number of fused-ring (bicyclic) bond motifs is 1. The number of ether oxygens (including phenoxy) is 1. The number of benzene rings is 1. The molecule has 0 radical (unpaired) electrons. The Hall–Kier alpha value is -2.14. The molecule has 0 unspecified atom stereocenters. The molecule has 114 valence electrons. The van der Waals surface area contributed by atoms with Gasteiger partial charge in [0.25, 0.3) is 0 Å². The Morgan fingerprint density at radius 1 is 1.18 bits per heavy atom. The molecule has 0 aliphatic carbocycles. The van der Waals surface area contributed by atoms with Crippen LogP contribution in [0.2, 0.25) is 0 Å². The quantitative estimate of drug-likeness (QED) is 0.736. The van der Waals surface area contributed by atoms with Gasteiger partial charge in [-0.1, -0.05) is 13.8 Å². The summed E-state index contributed by atoms with van der Waals surface area (Å²) in [5.74, 6) is 2.25. The molecule has 2 heterocycles. The maximum atomic E-state index is 5.69. The van der Waals surface area contributed by atoms with Crippen LogP contribution in [-0.4, -0.2) is 16.6 Å². The third kappa shape index (κ3) is 3.36. The monoisotopic (exact) mass is 313 g/mol. The lowest BCUT2D eigenvalue weighted by molar-refractivity contribution is 0.271. The van der Waals surface area contributed by atoms with Crippen molar-refractivity contribution in [1.82, 2.24) is 9.97 Å². The van der Waals surface area contributed by atoms with Gasteiger partial charge >= 0.3 is 0 Å². The molecule has 3 aromatic rings. The van der Waals surface area contributed by atoms with Crippen molar-refractivity contribution in [2.75, 3.05) is 11.9 Å². The molecular formula is C17H19N3OS. The maximum Gasteiger partial charge on any atom is 0.142 e. The van der Waals surface area contributed by atoms with Gasteiger partial charge in [-0.3, -0.25) is 0 Å². The minimum atomic E-state index is 0.522. The average Bonchev–Trinajstić information content (AvgIpc) is 2.88. The molecule has 3 rings (SSSR count). The molecule has 0 fully saturated rings. The van der Waals surface area contributed by atoms with E-state index in [0.717, 1.165) is 34.1 Å². The number of thiophene rings is 1. The van der Waals surface area contributed by atoms with Gasteiger partial charge in [0.15, 0.2) is 0 Å². The van der Waals surface area contributed by atoms with E-state index in [4.69, 9.17) is 4.74 Å². The van der Waals surface area contributed by atoms with Crippen molar-refractivity contribution in [3.8, 4) is 5.75 Å². The van der Waals surface area contributed by atoms with E-state index >= 15 is 0 Å². The lowest BCUT2D eigenvalue weighted by Gasteiger charge is -2.10. The first-order chi connectivity index (χ1) is 10.6. The van der Waals surface area contributed by atoms with Crippen LogP contribution in [0.4, 0.5) is 11.5 Å². The maximum absolute atomic E-state index is 5.69. The summed E-state index contributed by atoms with van der Waals surface area (Å²) in [4.78, 5) is 10.9. The number of hydrogen-bond acceptors (Lipinski definition) is 5. The molecule has 0 atom stereocenters. The molecule has 1 aromatic carbocycles. The normalized spacial score (nSPS) is 11.1. The van der Waals surface area contributed by atoms with E-state index in [1.807, 2.05) is 24.3 Å². The van der Waals surface area contributed by atoms with Crippen molar-refractivity contribution >= 4 is 33.1 Å². The van der Waals surface area contributed by atoms with Crippen LogP contribution >= 0.6 is 11.3 Å². The largest absolute Gasteiger partial charge is 0.493 e. The first kappa shape index (κ1) is 14.8. The molecule has 2 aromatic heterocycles. The SMILES string of the molecule is Cc1cc2c(Nc3ccc(OCC(C)C)cc3)ncnc2s1. The van der Waals surface area contributed by atoms with E-state index in [-0.39, 0.29) is 0 Å². The van der Waals surface area contributed by atoms with Crippen molar-refractivity contribution in [2.24, 2.45) is 5.92 Å². The lowest BCUT2D eigenvalue weighted by atomic mass is 10.2. The minimum Gasteiger partial charge on any atom is -0.493 e. The van der Waals surface area contributed by atoms with Gasteiger partial charge in [-0.05, 0) is 43.2 Å². The first-order valence-electron chi connectivity index (χ1n) is 7.33. The summed E-state index contributed by atoms with van der Waals surface area (Å²) in [6, 6.07) is 10.1. The van der Waals surface area contributed by atoms with Crippen LogP contribution in [0, 0.1) is 12.8 Å². The summed E-state index contributed by atoms with van der Waals surface area (Å²) in [7, 11) is 0. The fourth-order valence-corrected chi connectivity index (χ4v) is 2.96. The van der Waals surface area contributed by atoms with E-state index in [9.17, 15) is 0 Å². The fraction of sp³-hybridized carbons (Fsp3) is 0.294. The highest BCUT2D eigenvalue weighted by molar-refractivity contribution is 7.18. The third-order valence-corrected chi connectivity index (χ3v) is 4.11. The minimum absolute atomic E-state index is 0.522. The topological polar surface area (TPSA) is 47.0 Å². The zero-order valence-electron chi connectivity index (χ0n) is 13.0. The zero-order chi connectivity index (χ0) is 15.5. The molecule has 5 heteroatoms. The highest BCUT2D eigenvalue weighted by Gasteiger charge is 2.07. The standard InChI is InChI=1S/C17H19N3OS/c1-11(2)9-21-14-6-4-13(5-7-14)20-16-15-8-12(3)22-17(15)19-10-18-16/h4-8,10-11H,9H2,1-3H3,(H,18,19,20). The molecule has 1 N–H and O–H groups in total. The summed E-state index contributed by atoms with van der Waals surface area (Å²) in [6.07, 6.45) is 1.60. The second-order valence-corrected chi connectivity index (χ2v) is 6.89. The Morgan fingerprint density at radius 3 is 2.68 bits per heavy atom. The summed E-state index contributed by atoms with van der Waals surface area (Å²) >= 11 is 1.68. The van der Waals surface area contributed by atoms with Crippen LogP contribution in [0.1, 0.15) is 18.7 Å². The van der Waals surface area contributed by atoms with E-state index < -0.39 is 0 Å². The number of rotatable bonds is 5. The van der Waals surface area contributed by atoms with E-state index in [1.165, 1.54) is 4.88 Å². The number of nitrogens with one attached hydrogen (secondary N) is 1. The average molecular weight is 313 g/mol. The molecular weight excluding hydrogens is 294 g/mol. The van der Waals surface area contributed by atoms with Gasteiger partial charge in [0.05, 0.1) is 12.0 Å². The molecule has 0 saturated carbocycles. The van der Waals surface area contributed by atoms with Crippen molar-refractivity contribution in [3.63, 3.8) is 0 Å². The second-order valence-electron chi connectivity index (χ2n) is 5.65. The van der Waals surface area contributed by atoms with Gasteiger partial charge in [-0.15, -0.1) is 11.3 Å². The molecule has 0 aliphatic heterocycles. The summed E-state index contributed by atoms with van der Waals surface area (Å²) in [5.41, 5.74) is 0.987. The summed E-state index contributed by atoms with van der Waals surface area (Å²) in [5, 5.41) is 4.41. The van der Waals surface area contributed by atoms with Crippen LogP contribution in [0.5, 0.6) is 5.75 Å². The molecule has 0 amide bonds. The van der Waals surface area contributed by atoms with Crippen LogP contribution < -0.4 is 10.1 Å². The van der Waals surface area contributed by atoms with Gasteiger partial charge in [-0.2, -0.15) is 0 Å². The molecule has 0 saturated heterocycles. The summed E-state index contributed by atoms with van der Waals surface area (Å²) in [6.45, 7) is 7.09. The number of nitrogens with zero attached hydrogens (tertiary/aromatic N) is 2. The van der Waals surface area contributed by atoms with Crippen molar-refractivity contribution in [2.45, 2.75) is 20.8 Å². The summed E-state index contributed by atoms with van der Waals surface area (Å²) < 4.78 is 5.69. The van der Waals surface area contributed by atoms with Gasteiger partial charge in [0, 0.05) is 10.6 Å². The highest BCUT2D eigenvalue weighted by atomic mass is 32.1. The van der Waals surface area contributed by atoms with Crippen molar-refractivity contribution in [1.29, 1.82) is 0 Å². The van der Waals surface area contributed by atoms with Crippen molar-refractivity contribution < 1.29 is 4.74 Å². The second kappa shape index (κ2) is 6.32. The third-order valence-electron chi connectivity index (χ3n) is 3.15. The Balaban J connectivity index is 1.77. The number of aryl methyl sites for hydroxylation is 1. The van der Waals surface area contributed by atoms with Crippen LogP contribution in [0.25, 0.3) is 10.2 Å². The van der Waals surface area contributed by atoms with Crippen LogP contribution in [-0.2, 0) is 0 Å². The van der Waals surface area contributed by atoms with Gasteiger partial charge in [0.1, 0.15) is 22.7 Å². The van der Waals surface area contributed by atoms with E-state index in [1.54, 1.807) is 17.7 Å². The zero-order valence-corrected chi connectivity index (χ0v) is 13.8. The van der Waals surface area contributed by atoms with E-state index in [0.29, 0.717) is 5.92 Å². The molecule has 4 nitrogen and oxygen atoms in total. The Labute approximate surface area is 134 Å². The van der Waals surface area contributed by atoms with Gasteiger partial charge < -0.3 is 10.1 Å². The predicted molar refractivity (Wildman–Crippen MR) is 92.2 cm³/mol. The Bertz CT molecular complexity index is 765. The van der Waals surface area contributed by atoms with Crippen molar-refractivity contribution in [3.05, 3.63) is 41.5 Å². The van der Waals surface area contributed by atoms with Crippen LogP contribution in [0.15, 0.2) is 36.7 Å². The predicted octanol–water partition coefficient (Wildman–Crippen LogP) is 4.78. The molecule has 0 aliphatic rings. The van der Waals surface area contributed by atoms with Crippen LogP contribution in [0.3, 0.4) is 0 Å². The van der Waals surface area contributed by atoms with E-state index in [2.05, 4.69) is 42.1 Å². The Morgan fingerprint density at radius 2 is 1.95 bits per heavy atom.